The van der Waals surface area contributed by atoms with Gasteiger partial charge in [-0.25, -0.2) is 4.39 Å². The van der Waals surface area contributed by atoms with Gasteiger partial charge in [0.25, 0.3) is 5.91 Å². The van der Waals surface area contributed by atoms with Crippen LogP contribution in [0.1, 0.15) is 35.7 Å². The van der Waals surface area contributed by atoms with Gasteiger partial charge in [-0.1, -0.05) is 5.16 Å². The van der Waals surface area contributed by atoms with Crippen LogP contribution in [-0.2, 0) is 6.54 Å². The lowest BCUT2D eigenvalue weighted by Crippen LogP contribution is -2.30. The zero-order valence-electron chi connectivity index (χ0n) is 15.3. The van der Waals surface area contributed by atoms with Crippen LogP contribution in [0.15, 0.2) is 40.9 Å². The van der Waals surface area contributed by atoms with E-state index in [4.69, 9.17) is 4.52 Å². The Hall–Kier alpha value is -3.29. The summed E-state index contributed by atoms with van der Waals surface area (Å²) < 4.78 is 18.4. The van der Waals surface area contributed by atoms with Crippen LogP contribution in [0.2, 0.25) is 0 Å². The summed E-state index contributed by atoms with van der Waals surface area (Å²) in [5.74, 6) is 0.595. The zero-order chi connectivity index (χ0) is 19.4. The monoisotopic (exact) mass is 369 g/mol. The molecule has 0 unspecified atom stereocenters. The number of anilines is 1. The lowest BCUT2D eigenvalue weighted by atomic mass is 10.1. The molecule has 1 aromatic carbocycles. The predicted molar refractivity (Wildman–Crippen MR) is 98.6 cm³/mol. The topological polar surface area (TPSA) is 92.9 Å². The SMILES string of the molecule is Cc1onc(-c2ccc(F)cc2)c1CNc1ccc(C(=O)NC(C)C)nn1. The lowest BCUT2D eigenvalue weighted by molar-refractivity contribution is 0.0937. The average Bonchev–Trinajstić information content (AvgIpc) is 3.01. The molecule has 0 fully saturated rings. The molecule has 2 heterocycles. The summed E-state index contributed by atoms with van der Waals surface area (Å²) in [6, 6.07) is 9.37. The third-order valence-corrected chi connectivity index (χ3v) is 3.87. The van der Waals surface area contributed by atoms with E-state index >= 15 is 0 Å². The van der Waals surface area contributed by atoms with E-state index in [0.717, 1.165) is 11.1 Å². The number of amides is 1. The Morgan fingerprint density at radius 2 is 1.89 bits per heavy atom. The first kappa shape index (κ1) is 18.5. The average molecular weight is 369 g/mol. The van der Waals surface area contributed by atoms with Gasteiger partial charge >= 0.3 is 0 Å². The highest BCUT2D eigenvalue weighted by Crippen LogP contribution is 2.26. The Bertz CT molecular complexity index is 920. The van der Waals surface area contributed by atoms with Crippen molar-refractivity contribution in [1.82, 2.24) is 20.7 Å². The van der Waals surface area contributed by atoms with Crippen LogP contribution < -0.4 is 10.6 Å². The highest BCUT2D eigenvalue weighted by molar-refractivity contribution is 5.92. The Morgan fingerprint density at radius 1 is 1.15 bits per heavy atom. The van der Waals surface area contributed by atoms with Crippen molar-refractivity contribution in [3.63, 3.8) is 0 Å². The lowest BCUT2D eigenvalue weighted by Gasteiger charge is -2.08. The number of rotatable bonds is 6. The molecule has 0 atom stereocenters. The highest BCUT2D eigenvalue weighted by Gasteiger charge is 2.15. The molecule has 1 amide bonds. The molecule has 2 aromatic heterocycles. The molecule has 0 aliphatic carbocycles. The van der Waals surface area contributed by atoms with Crippen LogP contribution in [-0.4, -0.2) is 27.3 Å². The maximum Gasteiger partial charge on any atom is 0.271 e. The Morgan fingerprint density at radius 3 is 2.52 bits per heavy atom. The molecule has 3 aromatic rings. The van der Waals surface area contributed by atoms with Gasteiger partial charge in [0, 0.05) is 23.7 Å². The number of aromatic nitrogens is 3. The Kier molecular flexibility index (Phi) is 5.44. The molecule has 0 saturated heterocycles. The molecule has 27 heavy (non-hydrogen) atoms. The minimum atomic E-state index is -0.310. The van der Waals surface area contributed by atoms with Gasteiger partial charge in [0.1, 0.15) is 23.1 Å². The summed E-state index contributed by atoms with van der Waals surface area (Å²) in [7, 11) is 0. The molecule has 2 N–H and O–H groups in total. The number of carbonyl (C=O) groups is 1. The number of nitrogens with one attached hydrogen (secondary N) is 2. The summed E-state index contributed by atoms with van der Waals surface area (Å²) in [4.78, 5) is 11.9. The van der Waals surface area contributed by atoms with E-state index in [9.17, 15) is 9.18 Å². The van der Waals surface area contributed by atoms with E-state index in [1.807, 2.05) is 20.8 Å². The molecule has 0 radical (unpaired) electrons. The summed E-state index contributed by atoms with van der Waals surface area (Å²) in [6.45, 7) is 5.96. The molecular weight excluding hydrogens is 349 g/mol. The first-order chi connectivity index (χ1) is 12.9. The van der Waals surface area contributed by atoms with Crippen molar-refractivity contribution in [1.29, 1.82) is 0 Å². The van der Waals surface area contributed by atoms with Crippen molar-refractivity contribution in [2.45, 2.75) is 33.4 Å². The van der Waals surface area contributed by atoms with Crippen molar-refractivity contribution in [2.75, 3.05) is 5.32 Å². The number of carbonyl (C=O) groups excluding carboxylic acids is 1. The highest BCUT2D eigenvalue weighted by atomic mass is 19.1. The summed E-state index contributed by atoms with van der Waals surface area (Å²) in [5.41, 5.74) is 2.49. The Labute approximate surface area is 156 Å². The van der Waals surface area contributed by atoms with Gasteiger partial charge in [0.05, 0.1) is 0 Å². The molecule has 8 heteroatoms. The second-order valence-corrected chi connectivity index (χ2v) is 6.36. The van der Waals surface area contributed by atoms with Gasteiger partial charge < -0.3 is 15.2 Å². The molecule has 0 bridgehead atoms. The quantitative estimate of drug-likeness (QED) is 0.692. The number of nitrogens with zero attached hydrogens (tertiary/aromatic N) is 3. The van der Waals surface area contributed by atoms with Crippen LogP contribution in [0.3, 0.4) is 0 Å². The van der Waals surface area contributed by atoms with Gasteiger partial charge in [-0.15, -0.1) is 10.2 Å². The fraction of sp³-hybridized carbons (Fsp3) is 0.263. The van der Waals surface area contributed by atoms with Crippen LogP contribution in [0.25, 0.3) is 11.3 Å². The maximum absolute atomic E-state index is 13.1. The summed E-state index contributed by atoms with van der Waals surface area (Å²) >= 11 is 0. The fourth-order valence-electron chi connectivity index (χ4n) is 2.50. The van der Waals surface area contributed by atoms with Crippen molar-refractivity contribution < 1.29 is 13.7 Å². The van der Waals surface area contributed by atoms with Crippen molar-refractivity contribution in [2.24, 2.45) is 0 Å². The standard InChI is InChI=1S/C19H20FN5O2/c1-11(2)22-19(26)16-8-9-17(24-23-16)21-10-15-12(3)27-25-18(15)13-4-6-14(20)7-5-13/h4-9,11H,10H2,1-3H3,(H,21,24)(H,22,26). The van der Waals surface area contributed by atoms with Crippen molar-refractivity contribution in [3.8, 4) is 11.3 Å². The molecule has 0 aliphatic heterocycles. The van der Waals surface area contributed by atoms with Crippen molar-refractivity contribution in [3.05, 3.63) is 59.2 Å². The Balaban J connectivity index is 1.71. The van der Waals surface area contributed by atoms with Gasteiger partial charge in [0.15, 0.2) is 5.69 Å². The molecule has 0 spiro atoms. The second kappa shape index (κ2) is 7.94. The number of hydrogen-bond donors (Lipinski definition) is 2. The first-order valence-corrected chi connectivity index (χ1v) is 8.53. The van der Waals surface area contributed by atoms with Gasteiger partial charge in [0.2, 0.25) is 0 Å². The van der Waals surface area contributed by atoms with E-state index < -0.39 is 0 Å². The minimum absolute atomic E-state index is 0.0264. The second-order valence-electron chi connectivity index (χ2n) is 6.36. The number of halogens is 1. The third-order valence-electron chi connectivity index (χ3n) is 3.87. The number of aryl methyl sites for hydroxylation is 1. The van der Waals surface area contributed by atoms with E-state index in [0.29, 0.717) is 23.8 Å². The number of benzene rings is 1. The van der Waals surface area contributed by atoms with Crippen LogP contribution in [0.4, 0.5) is 10.2 Å². The summed E-state index contributed by atoms with van der Waals surface area (Å²) in [6.07, 6.45) is 0. The molecule has 7 nitrogen and oxygen atoms in total. The van der Waals surface area contributed by atoms with Crippen LogP contribution >= 0.6 is 0 Å². The largest absolute Gasteiger partial charge is 0.364 e. The smallest absolute Gasteiger partial charge is 0.271 e. The number of hydrogen-bond acceptors (Lipinski definition) is 6. The van der Waals surface area contributed by atoms with Gasteiger partial charge in [-0.05, 0) is 57.2 Å². The van der Waals surface area contributed by atoms with Gasteiger partial charge in [-0.3, -0.25) is 4.79 Å². The maximum atomic E-state index is 13.1. The van der Waals surface area contributed by atoms with Crippen molar-refractivity contribution >= 4 is 11.7 Å². The summed E-state index contributed by atoms with van der Waals surface area (Å²) in [5, 5.41) is 17.9. The van der Waals surface area contributed by atoms with Crippen LogP contribution in [0, 0.1) is 12.7 Å². The molecule has 3 rings (SSSR count). The molecule has 0 aliphatic rings. The first-order valence-electron chi connectivity index (χ1n) is 8.53. The van der Waals surface area contributed by atoms with E-state index in [-0.39, 0.29) is 23.5 Å². The van der Waals surface area contributed by atoms with Gasteiger partial charge in [-0.2, -0.15) is 0 Å². The zero-order valence-corrected chi connectivity index (χ0v) is 15.3. The molecular formula is C19H20FN5O2. The molecule has 140 valence electrons. The normalized spacial score (nSPS) is 10.9. The van der Waals surface area contributed by atoms with Crippen LogP contribution in [0.5, 0.6) is 0 Å². The minimum Gasteiger partial charge on any atom is -0.364 e. The third kappa shape index (κ3) is 4.46. The predicted octanol–water partition coefficient (Wildman–Crippen LogP) is 3.33. The van der Waals surface area contributed by atoms with E-state index in [1.165, 1.54) is 12.1 Å². The van der Waals surface area contributed by atoms with E-state index in [1.54, 1.807) is 24.3 Å². The molecule has 0 saturated carbocycles. The van der Waals surface area contributed by atoms with E-state index in [2.05, 4.69) is 26.0 Å². The fourth-order valence-corrected chi connectivity index (χ4v) is 2.50.